The van der Waals surface area contributed by atoms with E-state index >= 15 is 0 Å². The summed E-state index contributed by atoms with van der Waals surface area (Å²) in [6.45, 7) is 4.38. The van der Waals surface area contributed by atoms with E-state index in [9.17, 15) is 4.79 Å². The smallest absolute Gasteiger partial charge is 0.253 e. The molecule has 1 aromatic carbocycles. The second kappa shape index (κ2) is 6.39. The molecule has 1 aromatic heterocycles. The largest absolute Gasteiger partial charge is 0.496 e. The highest BCUT2D eigenvalue weighted by Gasteiger charge is 2.15. The first-order valence-corrected chi connectivity index (χ1v) is 6.84. The molecule has 21 heavy (non-hydrogen) atoms. The molecule has 2 aromatic rings. The molecule has 0 unspecified atom stereocenters. The molecule has 4 heteroatoms. The molecule has 0 bridgehead atoms. The van der Waals surface area contributed by atoms with Crippen molar-refractivity contribution in [3.05, 3.63) is 58.9 Å². The number of aromatic nitrogens is 1. The van der Waals surface area contributed by atoms with E-state index in [0.717, 1.165) is 22.6 Å². The van der Waals surface area contributed by atoms with Gasteiger partial charge in [0.1, 0.15) is 5.75 Å². The minimum Gasteiger partial charge on any atom is -0.496 e. The number of pyridine rings is 1. The van der Waals surface area contributed by atoms with Crippen molar-refractivity contribution in [1.82, 2.24) is 9.88 Å². The lowest BCUT2D eigenvalue weighted by molar-refractivity contribution is 0.0783. The van der Waals surface area contributed by atoms with Crippen LogP contribution in [0.2, 0.25) is 0 Å². The number of amides is 1. The minimum atomic E-state index is -0.0173. The average Bonchev–Trinajstić information content (AvgIpc) is 2.50. The Bertz CT molecular complexity index is 639. The second-order valence-electron chi connectivity index (χ2n) is 5.07. The molecule has 0 aliphatic rings. The predicted molar refractivity (Wildman–Crippen MR) is 82.5 cm³/mol. The molecule has 0 atom stereocenters. The summed E-state index contributed by atoms with van der Waals surface area (Å²) in [5, 5.41) is 0. The lowest BCUT2D eigenvalue weighted by atomic mass is 10.1. The third-order valence-electron chi connectivity index (χ3n) is 3.50. The number of carbonyl (C=O) groups is 1. The maximum atomic E-state index is 12.3. The Morgan fingerprint density at radius 1 is 1.24 bits per heavy atom. The van der Waals surface area contributed by atoms with Crippen LogP contribution in [-0.2, 0) is 6.54 Å². The van der Waals surface area contributed by atoms with E-state index < -0.39 is 0 Å². The van der Waals surface area contributed by atoms with E-state index in [0.29, 0.717) is 12.1 Å². The van der Waals surface area contributed by atoms with Crippen molar-refractivity contribution < 1.29 is 9.53 Å². The molecule has 0 saturated carbocycles. The van der Waals surface area contributed by atoms with Crippen LogP contribution in [0.15, 0.2) is 36.5 Å². The lowest BCUT2D eigenvalue weighted by Gasteiger charge is -2.19. The van der Waals surface area contributed by atoms with Crippen molar-refractivity contribution in [1.29, 1.82) is 0 Å². The highest BCUT2D eigenvalue weighted by Crippen LogP contribution is 2.24. The quantitative estimate of drug-likeness (QED) is 0.867. The van der Waals surface area contributed by atoms with Gasteiger partial charge in [-0.3, -0.25) is 9.78 Å². The molecule has 0 saturated heterocycles. The molecule has 0 aliphatic heterocycles. The first-order valence-electron chi connectivity index (χ1n) is 6.84. The fourth-order valence-corrected chi connectivity index (χ4v) is 2.33. The monoisotopic (exact) mass is 284 g/mol. The topological polar surface area (TPSA) is 42.4 Å². The number of nitrogens with zero attached hydrogens (tertiary/aromatic N) is 2. The van der Waals surface area contributed by atoms with Gasteiger partial charge in [-0.1, -0.05) is 18.2 Å². The Labute approximate surface area is 125 Å². The van der Waals surface area contributed by atoms with Gasteiger partial charge in [0, 0.05) is 29.9 Å². The van der Waals surface area contributed by atoms with Crippen LogP contribution >= 0.6 is 0 Å². The molecular formula is C17H20N2O2. The van der Waals surface area contributed by atoms with Crippen LogP contribution in [0, 0.1) is 13.8 Å². The van der Waals surface area contributed by atoms with E-state index in [1.165, 1.54) is 0 Å². The number of carbonyl (C=O) groups excluding carboxylic acids is 1. The van der Waals surface area contributed by atoms with E-state index in [1.54, 1.807) is 25.3 Å². The SMILES string of the molecule is COc1c(C)cnc(CN(C)C(=O)c2ccccc2)c1C. The number of rotatable bonds is 4. The van der Waals surface area contributed by atoms with Crippen molar-refractivity contribution in [2.24, 2.45) is 0 Å². The molecule has 4 nitrogen and oxygen atoms in total. The van der Waals surface area contributed by atoms with Gasteiger partial charge in [0.05, 0.1) is 19.3 Å². The molecule has 1 amide bonds. The van der Waals surface area contributed by atoms with Crippen molar-refractivity contribution in [2.75, 3.05) is 14.2 Å². The predicted octanol–water partition coefficient (Wildman–Crippen LogP) is 2.98. The first kappa shape index (κ1) is 15.0. The Balaban J connectivity index is 2.20. The molecule has 0 N–H and O–H groups in total. The van der Waals surface area contributed by atoms with Crippen LogP contribution in [0.1, 0.15) is 27.2 Å². The van der Waals surface area contributed by atoms with Gasteiger partial charge < -0.3 is 9.64 Å². The molecule has 0 aliphatic carbocycles. The fourth-order valence-electron chi connectivity index (χ4n) is 2.33. The molecular weight excluding hydrogens is 264 g/mol. The number of methoxy groups -OCH3 is 1. The summed E-state index contributed by atoms with van der Waals surface area (Å²) in [4.78, 5) is 18.4. The zero-order valence-electron chi connectivity index (χ0n) is 12.9. The number of aryl methyl sites for hydroxylation is 1. The normalized spacial score (nSPS) is 10.3. The molecule has 1 heterocycles. The number of hydrogen-bond donors (Lipinski definition) is 0. The maximum Gasteiger partial charge on any atom is 0.253 e. The van der Waals surface area contributed by atoms with Gasteiger partial charge in [-0.15, -0.1) is 0 Å². The zero-order chi connectivity index (χ0) is 15.4. The summed E-state index contributed by atoms with van der Waals surface area (Å²) in [6.07, 6.45) is 1.78. The highest BCUT2D eigenvalue weighted by molar-refractivity contribution is 5.93. The van der Waals surface area contributed by atoms with Gasteiger partial charge in [-0.25, -0.2) is 0 Å². The van der Waals surface area contributed by atoms with E-state index in [2.05, 4.69) is 4.98 Å². The van der Waals surface area contributed by atoms with Crippen LogP contribution < -0.4 is 4.74 Å². The van der Waals surface area contributed by atoms with Crippen molar-refractivity contribution in [3.8, 4) is 5.75 Å². The summed E-state index contributed by atoms with van der Waals surface area (Å²) in [7, 11) is 3.43. The van der Waals surface area contributed by atoms with Gasteiger partial charge in [0.15, 0.2) is 0 Å². The van der Waals surface area contributed by atoms with Gasteiger partial charge >= 0.3 is 0 Å². The summed E-state index contributed by atoms with van der Waals surface area (Å²) in [6, 6.07) is 9.25. The van der Waals surface area contributed by atoms with Crippen LogP contribution in [0.5, 0.6) is 5.75 Å². The average molecular weight is 284 g/mol. The Morgan fingerprint density at radius 2 is 1.90 bits per heavy atom. The third-order valence-corrected chi connectivity index (χ3v) is 3.50. The van der Waals surface area contributed by atoms with Crippen LogP contribution in [0.3, 0.4) is 0 Å². The number of benzene rings is 1. The standard InChI is InChI=1S/C17H20N2O2/c1-12-10-18-15(13(2)16(12)21-4)11-19(3)17(20)14-8-6-5-7-9-14/h5-10H,11H2,1-4H3. The summed E-state index contributed by atoms with van der Waals surface area (Å²) in [5.41, 5.74) is 3.50. The first-order chi connectivity index (χ1) is 10.0. The Kier molecular flexibility index (Phi) is 4.58. The number of hydrogen-bond acceptors (Lipinski definition) is 3. The van der Waals surface area contributed by atoms with Crippen molar-refractivity contribution in [2.45, 2.75) is 20.4 Å². The molecule has 110 valence electrons. The highest BCUT2D eigenvalue weighted by atomic mass is 16.5. The van der Waals surface area contributed by atoms with Crippen molar-refractivity contribution >= 4 is 5.91 Å². The number of ether oxygens (including phenoxy) is 1. The van der Waals surface area contributed by atoms with E-state index in [-0.39, 0.29) is 5.91 Å². The van der Waals surface area contributed by atoms with Crippen molar-refractivity contribution in [3.63, 3.8) is 0 Å². The van der Waals surface area contributed by atoms with Gasteiger partial charge in [-0.2, -0.15) is 0 Å². The lowest BCUT2D eigenvalue weighted by Crippen LogP contribution is -2.27. The Hall–Kier alpha value is -2.36. The summed E-state index contributed by atoms with van der Waals surface area (Å²) < 4.78 is 5.40. The van der Waals surface area contributed by atoms with E-state index in [4.69, 9.17) is 4.74 Å². The Morgan fingerprint density at radius 3 is 2.52 bits per heavy atom. The summed E-state index contributed by atoms with van der Waals surface area (Å²) >= 11 is 0. The van der Waals surface area contributed by atoms with Crippen LogP contribution in [-0.4, -0.2) is 29.9 Å². The fraction of sp³-hybridized carbons (Fsp3) is 0.294. The molecule has 2 rings (SSSR count). The molecule has 0 spiro atoms. The summed E-state index contributed by atoms with van der Waals surface area (Å²) in [5.74, 6) is 0.817. The third kappa shape index (κ3) is 3.21. The minimum absolute atomic E-state index is 0.0173. The molecule has 0 radical (unpaired) electrons. The van der Waals surface area contributed by atoms with Crippen LogP contribution in [0.25, 0.3) is 0 Å². The van der Waals surface area contributed by atoms with Gasteiger partial charge in [-0.05, 0) is 26.0 Å². The second-order valence-corrected chi connectivity index (χ2v) is 5.07. The molecule has 0 fully saturated rings. The van der Waals surface area contributed by atoms with Gasteiger partial charge in [0.2, 0.25) is 0 Å². The van der Waals surface area contributed by atoms with Crippen LogP contribution in [0.4, 0.5) is 0 Å². The zero-order valence-corrected chi connectivity index (χ0v) is 12.9. The van der Waals surface area contributed by atoms with E-state index in [1.807, 2.05) is 44.2 Å². The maximum absolute atomic E-state index is 12.3. The van der Waals surface area contributed by atoms with Gasteiger partial charge in [0.25, 0.3) is 5.91 Å².